The van der Waals surface area contributed by atoms with Crippen LogP contribution in [0.1, 0.15) is 32.8 Å². The number of aliphatic carboxylic acids is 1. The third-order valence-electron chi connectivity index (χ3n) is 4.61. The van der Waals surface area contributed by atoms with Crippen LogP contribution in [0.15, 0.2) is 41.7 Å². The Kier molecular flexibility index (Phi) is 4.76. The zero-order valence-electron chi connectivity index (χ0n) is 14.7. The van der Waals surface area contributed by atoms with Gasteiger partial charge in [0, 0.05) is 24.7 Å². The van der Waals surface area contributed by atoms with Crippen LogP contribution in [0, 0.1) is 5.41 Å². The fourth-order valence-electron chi connectivity index (χ4n) is 3.28. The molecule has 130 valence electrons. The van der Waals surface area contributed by atoms with Crippen molar-refractivity contribution in [3.63, 3.8) is 0 Å². The summed E-state index contributed by atoms with van der Waals surface area (Å²) in [5.74, 6) is -0.830. The van der Waals surface area contributed by atoms with Crippen molar-refractivity contribution in [2.75, 3.05) is 14.2 Å². The fourth-order valence-corrected chi connectivity index (χ4v) is 3.28. The van der Waals surface area contributed by atoms with E-state index in [4.69, 9.17) is 9.47 Å². The van der Waals surface area contributed by atoms with Crippen molar-refractivity contribution >= 4 is 11.5 Å². The maximum Gasteiger partial charge on any atom is 0.331 e. The number of benzene rings is 1. The monoisotopic (exact) mass is 331 g/mol. The van der Waals surface area contributed by atoms with Gasteiger partial charge in [0.1, 0.15) is 11.4 Å². The summed E-state index contributed by atoms with van der Waals surface area (Å²) in [6, 6.07) is 6.65. The number of hydrogen-bond donors (Lipinski definition) is 1. The molecule has 1 atom stereocenters. The van der Waals surface area contributed by atoms with Crippen LogP contribution in [0.3, 0.4) is 0 Å². The molecule has 0 bridgehead atoms. The zero-order chi connectivity index (χ0) is 18.1. The maximum atomic E-state index is 12.4. The number of methoxy groups -OCH3 is 2. The molecule has 0 heterocycles. The topological polar surface area (TPSA) is 78.8 Å². The second-order valence-corrected chi connectivity index (χ2v) is 6.87. The summed E-state index contributed by atoms with van der Waals surface area (Å²) < 4.78 is 11.4. The lowest BCUT2D eigenvalue weighted by atomic mass is 9.64. The predicted molar refractivity (Wildman–Crippen MR) is 89.3 cm³/mol. The van der Waals surface area contributed by atoms with Crippen LogP contribution < -0.4 is 5.11 Å². The molecule has 1 aromatic rings. The van der Waals surface area contributed by atoms with E-state index >= 15 is 0 Å². The first kappa shape index (κ1) is 18.1. The van der Waals surface area contributed by atoms with Crippen LogP contribution in [0.25, 0.3) is 5.57 Å². The molecule has 0 saturated heterocycles. The molecule has 0 amide bonds. The lowest BCUT2D eigenvalue weighted by molar-refractivity contribution is -0.268. The predicted octanol–water partition coefficient (Wildman–Crippen LogP) is 2.96. The number of ether oxygens (including phenoxy) is 2. The van der Waals surface area contributed by atoms with Crippen molar-refractivity contribution in [3.05, 3.63) is 47.2 Å². The lowest BCUT2D eigenvalue weighted by Crippen LogP contribution is -2.48. The van der Waals surface area contributed by atoms with E-state index < -0.39 is 17.0 Å². The first-order valence-electron chi connectivity index (χ1n) is 7.72. The van der Waals surface area contributed by atoms with E-state index in [1.54, 1.807) is 18.2 Å². The van der Waals surface area contributed by atoms with E-state index in [2.05, 4.69) is 0 Å². The third-order valence-corrected chi connectivity index (χ3v) is 4.61. The molecule has 1 unspecified atom stereocenters. The normalized spacial score (nSPS) is 21.5. The number of carboxylic acids is 1. The molecule has 1 aromatic carbocycles. The molecule has 5 heteroatoms. The fraction of sp³-hybridized carbons (Fsp3) is 0.421. The Bertz CT molecular complexity index is 709. The number of hydrogen-bond acceptors (Lipinski definition) is 4. The second-order valence-electron chi connectivity index (χ2n) is 6.87. The number of carboxylic acid groups (broad SMARTS) is 1. The van der Waals surface area contributed by atoms with Crippen molar-refractivity contribution in [1.82, 2.24) is 0 Å². The average molecular weight is 331 g/mol. The van der Waals surface area contributed by atoms with Crippen molar-refractivity contribution in [2.45, 2.75) is 32.8 Å². The molecule has 1 aliphatic carbocycles. The number of carbonyl (C=O) groups is 1. The molecule has 2 rings (SSSR count). The summed E-state index contributed by atoms with van der Waals surface area (Å²) in [5.41, 5.74) is -0.224. The Labute approximate surface area is 142 Å². The van der Waals surface area contributed by atoms with Crippen molar-refractivity contribution in [2.24, 2.45) is 5.41 Å². The largest absolute Gasteiger partial charge is 0.872 e. The summed E-state index contributed by atoms with van der Waals surface area (Å²) in [7, 11) is 3.00. The highest BCUT2D eigenvalue weighted by Crippen LogP contribution is 2.52. The van der Waals surface area contributed by atoms with Crippen LogP contribution in [-0.2, 0) is 14.3 Å². The van der Waals surface area contributed by atoms with Gasteiger partial charge in [-0.1, -0.05) is 45.0 Å². The summed E-state index contributed by atoms with van der Waals surface area (Å²) in [4.78, 5) is 11.6. The molecule has 0 radical (unpaired) electrons. The first-order valence-corrected chi connectivity index (χ1v) is 7.72. The van der Waals surface area contributed by atoms with E-state index in [1.807, 2.05) is 20.8 Å². The van der Waals surface area contributed by atoms with E-state index in [0.717, 1.165) is 0 Å². The van der Waals surface area contributed by atoms with Gasteiger partial charge in [-0.3, -0.25) is 0 Å². The van der Waals surface area contributed by atoms with Crippen molar-refractivity contribution < 1.29 is 24.5 Å². The molecule has 0 spiro atoms. The van der Waals surface area contributed by atoms with E-state index in [0.29, 0.717) is 16.9 Å². The Morgan fingerprint density at radius 3 is 2.33 bits per heavy atom. The van der Waals surface area contributed by atoms with E-state index in [-0.39, 0.29) is 17.7 Å². The third kappa shape index (κ3) is 2.80. The summed E-state index contributed by atoms with van der Waals surface area (Å²) in [6.07, 6.45) is 1.63. The Morgan fingerprint density at radius 1 is 1.25 bits per heavy atom. The Morgan fingerprint density at radius 2 is 1.88 bits per heavy atom. The minimum absolute atomic E-state index is 0.152. The van der Waals surface area contributed by atoms with Gasteiger partial charge in [0.05, 0.1) is 7.11 Å². The molecule has 1 N–H and O–H groups in total. The van der Waals surface area contributed by atoms with E-state index in [9.17, 15) is 15.0 Å². The van der Waals surface area contributed by atoms with Gasteiger partial charge in [0.25, 0.3) is 0 Å². The minimum Gasteiger partial charge on any atom is -0.872 e. The number of para-hydroxylation sites is 1. The van der Waals surface area contributed by atoms with Crippen LogP contribution in [0.2, 0.25) is 0 Å². The van der Waals surface area contributed by atoms with Gasteiger partial charge < -0.3 is 19.7 Å². The van der Waals surface area contributed by atoms with Crippen molar-refractivity contribution in [3.8, 4) is 5.75 Å². The quantitative estimate of drug-likeness (QED) is 0.917. The molecule has 0 saturated carbocycles. The van der Waals surface area contributed by atoms with Crippen LogP contribution in [-0.4, -0.2) is 30.9 Å². The molecule has 1 aliphatic rings. The van der Waals surface area contributed by atoms with Gasteiger partial charge in [-0.25, -0.2) is 4.79 Å². The molecule has 0 fully saturated rings. The molecule has 5 nitrogen and oxygen atoms in total. The zero-order valence-corrected chi connectivity index (χ0v) is 14.7. The standard InChI is InChI=1S/C19H24O5/c1-18(2,3)19(24-5)11-12(17(21)22)10-15(23-4)16(19)13-8-6-7-9-14(13)20/h6-10,20H,11H2,1-5H3,(H,21,22)/p-1. The number of rotatable bonds is 4. The maximum absolute atomic E-state index is 12.4. The van der Waals surface area contributed by atoms with Crippen molar-refractivity contribution in [1.29, 1.82) is 0 Å². The summed E-state index contributed by atoms with van der Waals surface area (Å²) >= 11 is 0. The minimum atomic E-state index is -1.02. The lowest BCUT2D eigenvalue weighted by Gasteiger charge is -2.48. The SMILES string of the molecule is COC1=C(c2ccccc2[O-])C(OC)(C(C)(C)C)CC(C(=O)O)=C1. The summed E-state index contributed by atoms with van der Waals surface area (Å²) in [5, 5.41) is 21.9. The smallest absolute Gasteiger partial charge is 0.331 e. The first-order chi connectivity index (χ1) is 11.2. The van der Waals surface area contributed by atoms with Gasteiger partial charge in [-0.2, -0.15) is 0 Å². The average Bonchev–Trinajstić information content (AvgIpc) is 2.53. The van der Waals surface area contributed by atoms with Gasteiger partial charge in [-0.05, 0) is 17.1 Å². The van der Waals surface area contributed by atoms with Gasteiger partial charge >= 0.3 is 5.97 Å². The molecule has 24 heavy (non-hydrogen) atoms. The van der Waals surface area contributed by atoms with Gasteiger partial charge in [0.2, 0.25) is 0 Å². The molecular weight excluding hydrogens is 308 g/mol. The second kappa shape index (κ2) is 6.32. The number of allylic oxidation sites excluding steroid dienone is 1. The highest BCUT2D eigenvalue weighted by atomic mass is 16.5. The van der Waals surface area contributed by atoms with Gasteiger partial charge in [0.15, 0.2) is 0 Å². The van der Waals surface area contributed by atoms with Gasteiger partial charge in [-0.15, -0.1) is 5.75 Å². The highest BCUT2D eigenvalue weighted by molar-refractivity contribution is 5.92. The summed E-state index contributed by atoms with van der Waals surface area (Å²) in [6.45, 7) is 5.88. The molecular formula is C19H23O5-. The van der Waals surface area contributed by atoms with E-state index in [1.165, 1.54) is 26.4 Å². The van der Waals surface area contributed by atoms with Crippen LogP contribution in [0.4, 0.5) is 0 Å². The molecule has 0 aliphatic heterocycles. The van der Waals surface area contributed by atoms with Crippen LogP contribution >= 0.6 is 0 Å². The van der Waals surface area contributed by atoms with Crippen LogP contribution in [0.5, 0.6) is 5.75 Å². The molecule has 0 aromatic heterocycles. The highest BCUT2D eigenvalue weighted by Gasteiger charge is 2.50. The Balaban J connectivity index is 2.88. The Hall–Kier alpha value is -2.27.